The third-order valence-electron chi connectivity index (χ3n) is 2.55. The molecule has 2 rings (SSSR count). The molecule has 0 unspecified atom stereocenters. The molecule has 8 heteroatoms. The lowest BCUT2D eigenvalue weighted by Crippen LogP contribution is -1.97. The smallest absolute Gasteiger partial charge is 0.315 e. The highest BCUT2D eigenvalue weighted by molar-refractivity contribution is 6.33. The number of aromatic nitrogens is 1. The summed E-state index contributed by atoms with van der Waals surface area (Å²) in [6.45, 7) is 0. The van der Waals surface area contributed by atoms with Crippen LogP contribution in [0.2, 0.25) is 5.02 Å². The van der Waals surface area contributed by atoms with E-state index in [1.807, 2.05) is 6.07 Å². The van der Waals surface area contributed by atoms with E-state index in [4.69, 9.17) is 26.3 Å². The van der Waals surface area contributed by atoms with Crippen LogP contribution < -0.4 is 9.47 Å². The average molecular weight is 306 g/mol. The van der Waals surface area contributed by atoms with E-state index in [9.17, 15) is 10.1 Å². The molecule has 0 amide bonds. The van der Waals surface area contributed by atoms with Crippen molar-refractivity contribution >= 4 is 17.3 Å². The molecular weight excluding hydrogens is 298 g/mol. The first-order chi connectivity index (χ1) is 10.1. The molecule has 0 fully saturated rings. The Kier molecular flexibility index (Phi) is 4.21. The number of hydrogen-bond donors (Lipinski definition) is 0. The number of hydrogen-bond acceptors (Lipinski definition) is 6. The molecule has 0 N–H and O–H groups in total. The molecule has 1 heterocycles. The van der Waals surface area contributed by atoms with Gasteiger partial charge >= 0.3 is 5.69 Å². The third kappa shape index (κ3) is 3.01. The second kappa shape index (κ2) is 6.07. The second-order valence-corrected chi connectivity index (χ2v) is 4.16. The summed E-state index contributed by atoms with van der Waals surface area (Å²) in [5, 5.41) is 19.9. The Hall–Kier alpha value is -2.85. The van der Waals surface area contributed by atoms with Gasteiger partial charge in [0.1, 0.15) is 16.8 Å². The fourth-order valence-corrected chi connectivity index (χ4v) is 1.73. The molecule has 0 aliphatic rings. The lowest BCUT2D eigenvalue weighted by atomic mass is 10.2. The van der Waals surface area contributed by atoms with Crippen molar-refractivity contribution in [2.24, 2.45) is 0 Å². The van der Waals surface area contributed by atoms with Crippen molar-refractivity contribution < 1.29 is 14.4 Å². The molecule has 7 nitrogen and oxygen atoms in total. The standard InChI is InChI=1S/C13H8ClN3O4/c1-20-9-2-3-11(10(6-9)17(18)19)21-13-12(14)8(7-15)4-5-16-13/h2-6H,1H3. The summed E-state index contributed by atoms with van der Waals surface area (Å²) in [5.41, 5.74) is -0.132. The van der Waals surface area contributed by atoms with Crippen molar-refractivity contribution in [3.8, 4) is 23.4 Å². The van der Waals surface area contributed by atoms with Crippen LogP contribution in [0, 0.1) is 21.4 Å². The molecule has 0 radical (unpaired) electrons. The number of nitrogens with zero attached hydrogens (tertiary/aromatic N) is 3. The van der Waals surface area contributed by atoms with Crippen LogP contribution in [-0.2, 0) is 0 Å². The van der Waals surface area contributed by atoms with Gasteiger partial charge in [0.15, 0.2) is 0 Å². The van der Waals surface area contributed by atoms with Crippen molar-refractivity contribution in [2.45, 2.75) is 0 Å². The molecular formula is C13H8ClN3O4. The molecule has 0 saturated heterocycles. The minimum absolute atomic E-state index is 0.00915. The summed E-state index contributed by atoms with van der Waals surface area (Å²) < 4.78 is 10.3. The molecule has 2 aromatic rings. The molecule has 0 atom stereocenters. The van der Waals surface area contributed by atoms with Gasteiger partial charge in [0.2, 0.25) is 11.6 Å². The number of rotatable bonds is 4. The van der Waals surface area contributed by atoms with Gasteiger partial charge in [-0.15, -0.1) is 0 Å². The SMILES string of the molecule is COc1ccc(Oc2nccc(C#N)c2Cl)c([N+](=O)[O-])c1. The first-order valence-electron chi connectivity index (χ1n) is 5.61. The summed E-state index contributed by atoms with van der Waals surface area (Å²) >= 11 is 5.94. The molecule has 1 aromatic carbocycles. The van der Waals surface area contributed by atoms with Crippen molar-refractivity contribution in [3.05, 3.63) is 51.2 Å². The van der Waals surface area contributed by atoms with E-state index in [0.717, 1.165) is 0 Å². The van der Waals surface area contributed by atoms with E-state index >= 15 is 0 Å². The molecule has 106 valence electrons. The number of nitriles is 1. The number of ether oxygens (including phenoxy) is 2. The zero-order valence-corrected chi connectivity index (χ0v) is 11.5. The van der Waals surface area contributed by atoms with Gasteiger partial charge in [-0.1, -0.05) is 11.6 Å². The van der Waals surface area contributed by atoms with Crippen LogP contribution in [0.1, 0.15) is 5.56 Å². The van der Waals surface area contributed by atoms with Gasteiger partial charge < -0.3 is 9.47 Å². The third-order valence-corrected chi connectivity index (χ3v) is 2.91. The minimum atomic E-state index is -0.611. The van der Waals surface area contributed by atoms with Gasteiger partial charge in [0, 0.05) is 6.20 Å². The Bertz CT molecular complexity index is 743. The number of nitro benzene ring substituents is 1. The maximum Gasteiger partial charge on any atom is 0.315 e. The number of benzene rings is 1. The molecule has 0 aliphatic carbocycles. The van der Waals surface area contributed by atoms with Crippen LogP contribution >= 0.6 is 11.6 Å². The van der Waals surface area contributed by atoms with Crippen molar-refractivity contribution in [3.63, 3.8) is 0 Å². The minimum Gasteiger partial charge on any atom is -0.496 e. The molecule has 0 aliphatic heterocycles. The van der Waals surface area contributed by atoms with Crippen LogP contribution in [-0.4, -0.2) is 17.0 Å². The predicted octanol–water partition coefficient (Wildman–Crippen LogP) is 3.32. The van der Waals surface area contributed by atoms with E-state index in [-0.39, 0.29) is 27.9 Å². The quantitative estimate of drug-likeness (QED) is 0.634. The predicted molar refractivity (Wildman–Crippen MR) is 73.7 cm³/mol. The summed E-state index contributed by atoms with van der Waals surface area (Å²) in [6, 6.07) is 7.38. The van der Waals surface area contributed by atoms with E-state index in [1.54, 1.807) is 0 Å². The Morgan fingerprint density at radius 2 is 2.19 bits per heavy atom. The maximum absolute atomic E-state index is 11.1. The largest absolute Gasteiger partial charge is 0.496 e. The summed E-state index contributed by atoms with van der Waals surface area (Å²) in [5.74, 6) is 0.188. The normalized spacial score (nSPS) is 9.76. The molecule has 1 aromatic heterocycles. The average Bonchev–Trinajstić information content (AvgIpc) is 2.49. The van der Waals surface area contributed by atoms with Gasteiger partial charge in [0.05, 0.1) is 23.7 Å². The highest BCUT2D eigenvalue weighted by Crippen LogP contribution is 2.36. The number of methoxy groups -OCH3 is 1. The van der Waals surface area contributed by atoms with Crippen LogP contribution in [0.15, 0.2) is 30.5 Å². The first-order valence-corrected chi connectivity index (χ1v) is 5.99. The van der Waals surface area contributed by atoms with Gasteiger partial charge in [-0.3, -0.25) is 10.1 Å². The van der Waals surface area contributed by atoms with E-state index in [1.165, 1.54) is 37.6 Å². The van der Waals surface area contributed by atoms with E-state index in [2.05, 4.69) is 4.98 Å². The topological polar surface area (TPSA) is 98.3 Å². The first kappa shape index (κ1) is 14.6. The fraction of sp³-hybridized carbons (Fsp3) is 0.0769. The van der Waals surface area contributed by atoms with Crippen LogP contribution in [0.3, 0.4) is 0 Å². The van der Waals surface area contributed by atoms with Gasteiger partial charge in [-0.25, -0.2) is 4.98 Å². The maximum atomic E-state index is 11.1. The summed E-state index contributed by atoms with van der Waals surface area (Å²) in [7, 11) is 1.40. The van der Waals surface area contributed by atoms with Crippen LogP contribution in [0.4, 0.5) is 5.69 Å². The molecule has 21 heavy (non-hydrogen) atoms. The van der Waals surface area contributed by atoms with Crippen molar-refractivity contribution in [2.75, 3.05) is 7.11 Å². The summed E-state index contributed by atoms with van der Waals surface area (Å²) in [4.78, 5) is 14.3. The number of pyridine rings is 1. The molecule has 0 bridgehead atoms. The van der Waals surface area contributed by atoms with Gasteiger partial charge in [0.25, 0.3) is 0 Å². The highest BCUT2D eigenvalue weighted by atomic mass is 35.5. The van der Waals surface area contributed by atoms with E-state index < -0.39 is 4.92 Å². The highest BCUT2D eigenvalue weighted by Gasteiger charge is 2.19. The zero-order chi connectivity index (χ0) is 15.4. The Morgan fingerprint density at radius 1 is 1.43 bits per heavy atom. The molecule has 0 spiro atoms. The lowest BCUT2D eigenvalue weighted by molar-refractivity contribution is -0.385. The second-order valence-electron chi connectivity index (χ2n) is 3.78. The fourth-order valence-electron chi connectivity index (χ4n) is 1.54. The monoisotopic (exact) mass is 305 g/mol. The van der Waals surface area contributed by atoms with Gasteiger partial charge in [-0.05, 0) is 18.2 Å². The van der Waals surface area contributed by atoms with E-state index in [0.29, 0.717) is 5.75 Å². The van der Waals surface area contributed by atoms with Crippen LogP contribution in [0.25, 0.3) is 0 Å². The Balaban J connectivity index is 2.45. The summed E-state index contributed by atoms with van der Waals surface area (Å²) in [6.07, 6.45) is 1.33. The van der Waals surface area contributed by atoms with Gasteiger partial charge in [-0.2, -0.15) is 5.26 Å². The van der Waals surface area contributed by atoms with Crippen LogP contribution in [0.5, 0.6) is 17.4 Å². The Labute approximate surface area is 124 Å². The number of halogens is 1. The Morgan fingerprint density at radius 3 is 2.81 bits per heavy atom. The van der Waals surface area contributed by atoms with Crippen molar-refractivity contribution in [1.29, 1.82) is 5.26 Å². The zero-order valence-electron chi connectivity index (χ0n) is 10.7. The number of nitro groups is 1. The lowest BCUT2D eigenvalue weighted by Gasteiger charge is -2.08. The molecule has 0 saturated carbocycles. The van der Waals surface area contributed by atoms with Crippen molar-refractivity contribution in [1.82, 2.24) is 4.98 Å².